The molecule has 1 aliphatic heterocycles. The van der Waals surface area contributed by atoms with Crippen LogP contribution in [-0.2, 0) is 0 Å². The normalized spacial score (nSPS) is 15.4. The molecule has 0 radical (unpaired) electrons. The van der Waals surface area contributed by atoms with Gasteiger partial charge in [-0.1, -0.05) is 0 Å². The summed E-state index contributed by atoms with van der Waals surface area (Å²) in [5.74, 6) is 2.49. The lowest BCUT2D eigenvalue weighted by Crippen LogP contribution is -2.44. The molecule has 1 aromatic heterocycles. The van der Waals surface area contributed by atoms with E-state index >= 15 is 0 Å². The van der Waals surface area contributed by atoms with Gasteiger partial charge in [0.05, 0.1) is 6.61 Å². The quantitative estimate of drug-likeness (QED) is 0.911. The Kier molecular flexibility index (Phi) is 5.15. The van der Waals surface area contributed by atoms with Gasteiger partial charge in [-0.25, -0.2) is 4.98 Å². The van der Waals surface area contributed by atoms with Crippen LogP contribution in [0.25, 0.3) is 0 Å². The molecule has 1 aliphatic rings. The molecule has 2 heterocycles. The minimum Gasteiger partial charge on any atom is -0.494 e. The number of anilines is 3. The molecule has 2 aromatic rings. The molecule has 6 nitrogen and oxygen atoms in total. The van der Waals surface area contributed by atoms with Gasteiger partial charge in [0.2, 0.25) is 5.95 Å². The first-order valence-electron chi connectivity index (χ1n) is 8.43. The molecule has 1 aromatic carbocycles. The van der Waals surface area contributed by atoms with Crippen molar-refractivity contribution < 1.29 is 4.74 Å². The Labute approximate surface area is 143 Å². The van der Waals surface area contributed by atoms with Crippen molar-refractivity contribution in [2.45, 2.75) is 13.8 Å². The first-order valence-corrected chi connectivity index (χ1v) is 8.43. The Bertz CT molecular complexity index is 666. The lowest BCUT2D eigenvalue weighted by atomic mass is 10.3. The van der Waals surface area contributed by atoms with Crippen LogP contribution in [0.15, 0.2) is 30.3 Å². The summed E-state index contributed by atoms with van der Waals surface area (Å²) in [6.45, 7) is 8.76. The molecular formula is C18H25N5O. The van der Waals surface area contributed by atoms with Gasteiger partial charge in [0.1, 0.15) is 11.6 Å². The number of piperazine rings is 1. The van der Waals surface area contributed by atoms with Gasteiger partial charge in [-0.2, -0.15) is 4.98 Å². The maximum atomic E-state index is 5.47. The highest BCUT2D eigenvalue weighted by Gasteiger charge is 2.16. The molecular weight excluding hydrogens is 302 g/mol. The number of aryl methyl sites for hydroxylation is 1. The van der Waals surface area contributed by atoms with Crippen LogP contribution in [0, 0.1) is 6.92 Å². The third-order valence-electron chi connectivity index (χ3n) is 4.09. The number of nitrogens with zero attached hydrogens (tertiary/aromatic N) is 4. The minimum absolute atomic E-state index is 0.632. The Morgan fingerprint density at radius 1 is 1.08 bits per heavy atom. The molecule has 0 unspecified atom stereocenters. The fourth-order valence-corrected chi connectivity index (χ4v) is 2.74. The second-order valence-corrected chi connectivity index (χ2v) is 6.06. The molecule has 6 heteroatoms. The van der Waals surface area contributed by atoms with Crippen LogP contribution < -0.4 is 15.0 Å². The fourth-order valence-electron chi connectivity index (χ4n) is 2.74. The van der Waals surface area contributed by atoms with E-state index in [9.17, 15) is 0 Å². The van der Waals surface area contributed by atoms with Crippen molar-refractivity contribution >= 4 is 17.5 Å². The highest BCUT2D eigenvalue weighted by molar-refractivity contribution is 5.56. The number of hydrogen-bond donors (Lipinski definition) is 1. The Morgan fingerprint density at radius 2 is 1.79 bits per heavy atom. The highest BCUT2D eigenvalue weighted by atomic mass is 16.5. The maximum absolute atomic E-state index is 5.47. The molecule has 128 valence electrons. The third-order valence-corrected chi connectivity index (χ3v) is 4.09. The lowest BCUT2D eigenvalue weighted by Gasteiger charge is -2.33. The van der Waals surface area contributed by atoms with E-state index in [0.717, 1.165) is 49.1 Å². The highest BCUT2D eigenvalue weighted by Crippen LogP contribution is 2.21. The molecule has 0 amide bonds. The van der Waals surface area contributed by atoms with Crippen LogP contribution in [0.4, 0.5) is 17.5 Å². The number of nitrogens with one attached hydrogen (secondary N) is 1. The molecule has 0 aliphatic carbocycles. The van der Waals surface area contributed by atoms with Crippen molar-refractivity contribution in [3.05, 3.63) is 36.0 Å². The first-order chi connectivity index (χ1) is 11.6. The lowest BCUT2D eigenvalue weighted by molar-refractivity contribution is 0.312. The summed E-state index contributed by atoms with van der Waals surface area (Å²) in [4.78, 5) is 13.9. The number of likely N-dealkylation sites (N-methyl/N-ethyl adjacent to an activating group) is 1. The van der Waals surface area contributed by atoms with E-state index in [2.05, 4.69) is 33.2 Å². The van der Waals surface area contributed by atoms with Crippen molar-refractivity contribution in [3.63, 3.8) is 0 Å². The summed E-state index contributed by atoms with van der Waals surface area (Å²) in [5, 5.41) is 3.29. The number of hydrogen-bond acceptors (Lipinski definition) is 6. The fraction of sp³-hybridized carbons (Fsp3) is 0.444. The molecule has 0 bridgehead atoms. The molecule has 0 saturated carbocycles. The van der Waals surface area contributed by atoms with Crippen molar-refractivity contribution in [2.24, 2.45) is 0 Å². The van der Waals surface area contributed by atoms with Gasteiger partial charge in [0.15, 0.2) is 0 Å². The van der Waals surface area contributed by atoms with E-state index in [1.165, 1.54) is 0 Å². The third kappa shape index (κ3) is 4.14. The Hall–Kier alpha value is -2.34. The number of rotatable bonds is 5. The van der Waals surface area contributed by atoms with Crippen LogP contribution in [0.2, 0.25) is 0 Å². The van der Waals surface area contributed by atoms with Gasteiger partial charge in [-0.15, -0.1) is 0 Å². The second-order valence-electron chi connectivity index (χ2n) is 6.06. The topological polar surface area (TPSA) is 53.5 Å². The van der Waals surface area contributed by atoms with Gasteiger partial charge in [-0.3, -0.25) is 0 Å². The van der Waals surface area contributed by atoms with Gasteiger partial charge < -0.3 is 19.9 Å². The molecule has 3 rings (SSSR count). The Balaban J connectivity index is 1.73. The summed E-state index contributed by atoms with van der Waals surface area (Å²) in [5.41, 5.74) is 1.92. The van der Waals surface area contributed by atoms with E-state index in [1.54, 1.807) is 0 Å². The second kappa shape index (κ2) is 7.49. The van der Waals surface area contributed by atoms with E-state index in [0.29, 0.717) is 12.6 Å². The predicted molar refractivity (Wildman–Crippen MR) is 97.4 cm³/mol. The Morgan fingerprint density at radius 3 is 2.46 bits per heavy atom. The minimum atomic E-state index is 0.632. The average molecular weight is 327 g/mol. The van der Waals surface area contributed by atoms with Gasteiger partial charge in [0.25, 0.3) is 0 Å². The summed E-state index contributed by atoms with van der Waals surface area (Å²) < 4.78 is 5.47. The van der Waals surface area contributed by atoms with Crippen LogP contribution in [0.1, 0.15) is 12.6 Å². The molecule has 1 N–H and O–H groups in total. The summed E-state index contributed by atoms with van der Waals surface area (Å²) in [7, 11) is 2.15. The van der Waals surface area contributed by atoms with Crippen LogP contribution in [0.3, 0.4) is 0 Å². The van der Waals surface area contributed by atoms with Crippen molar-refractivity contribution in [1.29, 1.82) is 0 Å². The molecule has 0 spiro atoms. The summed E-state index contributed by atoms with van der Waals surface area (Å²) in [6, 6.07) is 9.90. The first kappa shape index (κ1) is 16.5. The zero-order valence-corrected chi connectivity index (χ0v) is 14.6. The largest absolute Gasteiger partial charge is 0.494 e. The number of benzene rings is 1. The number of aromatic nitrogens is 2. The van der Waals surface area contributed by atoms with E-state index in [1.807, 2.05) is 38.1 Å². The smallest absolute Gasteiger partial charge is 0.229 e. The van der Waals surface area contributed by atoms with E-state index in [-0.39, 0.29) is 0 Å². The van der Waals surface area contributed by atoms with Gasteiger partial charge in [0, 0.05) is 43.6 Å². The van der Waals surface area contributed by atoms with Crippen LogP contribution in [0.5, 0.6) is 5.75 Å². The summed E-state index contributed by atoms with van der Waals surface area (Å²) >= 11 is 0. The molecule has 0 atom stereocenters. The van der Waals surface area contributed by atoms with Crippen molar-refractivity contribution in [3.8, 4) is 5.75 Å². The zero-order valence-electron chi connectivity index (χ0n) is 14.6. The standard InChI is InChI=1S/C18H25N5O/c1-4-24-16-7-5-15(6-8-16)20-18-19-14(2)13-17(21-18)23-11-9-22(3)10-12-23/h5-8,13H,4,9-12H2,1-3H3,(H,19,20,21). The zero-order chi connectivity index (χ0) is 16.9. The van der Waals surface area contributed by atoms with E-state index in [4.69, 9.17) is 9.72 Å². The van der Waals surface area contributed by atoms with Crippen LogP contribution >= 0.6 is 0 Å². The maximum Gasteiger partial charge on any atom is 0.229 e. The number of ether oxygens (including phenoxy) is 1. The molecule has 24 heavy (non-hydrogen) atoms. The van der Waals surface area contributed by atoms with Crippen LogP contribution in [-0.4, -0.2) is 54.7 Å². The summed E-state index contributed by atoms with van der Waals surface area (Å²) in [6.07, 6.45) is 0. The van der Waals surface area contributed by atoms with Gasteiger partial charge >= 0.3 is 0 Å². The van der Waals surface area contributed by atoms with Crippen molar-refractivity contribution in [2.75, 3.05) is 50.1 Å². The van der Waals surface area contributed by atoms with Gasteiger partial charge in [-0.05, 0) is 45.2 Å². The monoisotopic (exact) mass is 327 g/mol. The average Bonchev–Trinajstić information content (AvgIpc) is 2.57. The van der Waals surface area contributed by atoms with E-state index < -0.39 is 0 Å². The molecule has 1 fully saturated rings. The predicted octanol–water partition coefficient (Wildman–Crippen LogP) is 2.68. The molecule has 1 saturated heterocycles. The van der Waals surface area contributed by atoms with Crippen molar-refractivity contribution in [1.82, 2.24) is 14.9 Å². The SMILES string of the molecule is CCOc1ccc(Nc2nc(C)cc(N3CCN(C)CC3)n2)cc1.